The van der Waals surface area contributed by atoms with Crippen LogP contribution in [0.5, 0.6) is 11.5 Å². The molecule has 0 saturated carbocycles. The molecule has 0 amide bonds. The van der Waals surface area contributed by atoms with E-state index in [1.165, 1.54) is 0 Å². The Bertz CT molecular complexity index is 460. The maximum Gasteiger partial charge on any atom is 0.162 e. The largest absolute Gasteiger partial charge is 0.493 e. The lowest BCUT2D eigenvalue weighted by Gasteiger charge is -2.07. The zero-order valence-corrected chi connectivity index (χ0v) is 8.50. The number of fused-ring (bicyclic) bond motifs is 1. The first kappa shape index (κ1) is 8.94. The first-order chi connectivity index (χ1) is 6.76. The molecule has 0 spiro atoms. The van der Waals surface area contributed by atoms with Crippen molar-refractivity contribution in [2.75, 3.05) is 14.2 Å². The summed E-state index contributed by atoms with van der Waals surface area (Å²) < 4.78 is 12.3. The second-order valence-electron chi connectivity index (χ2n) is 3.10. The summed E-state index contributed by atoms with van der Waals surface area (Å²) in [6.07, 6.45) is 3.08. The van der Waals surface area contributed by atoms with Crippen molar-refractivity contribution in [3.8, 4) is 11.5 Å². The van der Waals surface area contributed by atoms with Crippen LogP contribution in [0, 0.1) is 6.20 Å². The monoisotopic (exact) mass is 190 g/mol. The van der Waals surface area contributed by atoms with Gasteiger partial charge in [0.05, 0.1) is 25.9 Å². The van der Waals surface area contributed by atoms with Crippen LogP contribution in [0.4, 0.5) is 0 Å². The van der Waals surface area contributed by atoms with Crippen molar-refractivity contribution in [1.82, 2.24) is 4.57 Å². The fourth-order valence-electron chi connectivity index (χ4n) is 1.53. The Morgan fingerprint density at radius 3 is 2.43 bits per heavy atom. The van der Waals surface area contributed by atoms with Crippen LogP contribution in [0.1, 0.15) is 0 Å². The van der Waals surface area contributed by atoms with Gasteiger partial charge in [-0.05, 0) is 12.1 Å². The molecule has 3 nitrogen and oxygen atoms in total. The van der Waals surface area contributed by atoms with Gasteiger partial charge in [-0.15, -0.1) is 0 Å². The SMILES string of the molecule is COc1cc2c[c]n(C)c2cc1OC. The molecule has 0 aliphatic heterocycles. The van der Waals surface area contributed by atoms with Gasteiger partial charge >= 0.3 is 0 Å². The van der Waals surface area contributed by atoms with Gasteiger partial charge in [0.25, 0.3) is 0 Å². The van der Waals surface area contributed by atoms with Crippen molar-refractivity contribution in [2.24, 2.45) is 7.05 Å². The number of nitrogens with zero attached hydrogens (tertiary/aromatic N) is 1. The molecule has 14 heavy (non-hydrogen) atoms. The van der Waals surface area contributed by atoms with Crippen LogP contribution in [0.2, 0.25) is 0 Å². The molecule has 2 aromatic rings. The zero-order valence-electron chi connectivity index (χ0n) is 8.50. The normalized spacial score (nSPS) is 10.5. The Kier molecular flexibility index (Phi) is 2.08. The van der Waals surface area contributed by atoms with E-state index in [1.807, 2.05) is 29.8 Å². The fraction of sp³-hybridized carbons (Fsp3) is 0.273. The Morgan fingerprint density at radius 2 is 1.79 bits per heavy atom. The van der Waals surface area contributed by atoms with E-state index in [2.05, 4.69) is 6.20 Å². The first-order valence-electron chi connectivity index (χ1n) is 4.35. The summed E-state index contributed by atoms with van der Waals surface area (Å²) in [5.74, 6) is 1.50. The Balaban J connectivity index is 2.71. The molecule has 1 aromatic carbocycles. The molecule has 0 unspecified atom stereocenters. The predicted molar refractivity (Wildman–Crippen MR) is 54.9 cm³/mol. The lowest BCUT2D eigenvalue weighted by molar-refractivity contribution is 0.355. The van der Waals surface area contributed by atoms with Crippen molar-refractivity contribution in [2.45, 2.75) is 0 Å². The van der Waals surface area contributed by atoms with E-state index in [0.717, 1.165) is 22.4 Å². The van der Waals surface area contributed by atoms with Gasteiger partial charge in [-0.25, -0.2) is 0 Å². The standard InChI is InChI=1S/C11H12NO2/c1-12-5-4-8-6-10(13-2)11(14-3)7-9(8)12/h4,6-7H,1-3H3. The number of ether oxygens (including phenoxy) is 2. The van der Waals surface area contributed by atoms with Crippen LogP contribution in [0.25, 0.3) is 10.9 Å². The molecule has 2 rings (SSSR count). The van der Waals surface area contributed by atoms with E-state index in [1.54, 1.807) is 14.2 Å². The number of benzene rings is 1. The third-order valence-corrected chi connectivity index (χ3v) is 2.31. The van der Waals surface area contributed by atoms with Crippen LogP contribution in [0.15, 0.2) is 18.2 Å². The Hall–Kier alpha value is -1.64. The zero-order chi connectivity index (χ0) is 10.1. The topological polar surface area (TPSA) is 23.4 Å². The molecule has 0 saturated heterocycles. The van der Waals surface area contributed by atoms with Crippen molar-refractivity contribution in [3.63, 3.8) is 0 Å². The highest BCUT2D eigenvalue weighted by Crippen LogP contribution is 2.31. The van der Waals surface area contributed by atoms with E-state index in [-0.39, 0.29) is 0 Å². The summed E-state index contributed by atoms with van der Waals surface area (Å²) in [5, 5.41) is 1.10. The lowest BCUT2D eigenvalue weighted by atomic mass is 10.2. The molecule has 3 heteroatoms. The van der Waals surface area contributed by atoms with Crippen LogP contribution in [-0.2, 0) is 7.05 Å². The second-order valence-corrected chi connectivity index (χ2v) is 3.10. The van der Waals surface area contributed by atoms with Crippen LogP contribution >= 0.6 is 0 Å². The summed E-state index contributed by atoms with van der Waals surface area (Å²) in [6.45, 7) is 0. The summed E-state index contributed by atoms with van der Waals surface area (Å²) >= 11 is 0. The van der Waals surface area contributed by atoms with Gasteiger partial charge in [0.1, 0.15) is 0 Å². The predicted octanol–water partition coefficient (Wildman–Crippen LogP) is 2.00. The smallest absolute Gasteiger partial charge is 0.162 e. The van der Waals surface area contributed by atoms with Crippen molar-refractivity contribution >= 4 is 10.9 Å². The molecule has 73 valence electrons. The minimum atomic E-state index is 0.746. The summed E-state index contributed by atoms with van der Waals surface area (Å²) in [4.78, 5) is 0. The van der Waals surface area contributed by atoms with Gasteiger partial charge in [0.2, 0.25) is 0 Å². The Morgan fingerprint density at radius 1 is 1.14 bits per heavy atom. The van der Waals surface area contributed by atoms with Gasteiger partial charge in [-0.2, -0.15) is 0 Å². The van der Waals surface area contributed by atoms with Gasteiger partial charge < -0.3 is 14.0 Å². The maximum absolute atomic E-state index is 5.22. The van der Waals surface area contributed by atoms with E-state index >= 15 is 0 Å². The molecule has 1 heterocycles. The van der Waals surface area contributed by atoms with E-state index < -0.39 is 0 Å². The molecule has 0 N–H and O–H groups in total. The highest BCUT2D eigenvalue weighted by molar-refractivity contribution is 5.83. The average Bonchev–Trinajstić information content (AvgIpc) is 2.58. The van der Waals surface area contributed by atoms with Crippen molar-refractivity contribution in [1.29, 1.82) is 0 Å². The second kappa shape index (κ2) is 3.25. The van der Waals surface area contributed by atoms with Crippen LogP contribution < -0.4 is 9.47 Å². The summed E-state index contributed by atoms with van der Waals surface area (Å²) in [5.41, 5.74) is 1.09. The van der Waals surface area contributed by atoms with Crippen molar-refractivity contribution in [3.05, 3.63) is 24.4 Å². The van der Waals surface area contributed by atoms with E-state index in [0.29, 0.717) is 0 Å². The molecule has 0 fully saturated rings. The van der Waals surface area contributed by atoms with E-state index in [9.17, 15) is 0 Å². The van der Waals surface area contributed by atoms with Crippen LogP contribution in [-0.4, -0.2) is 18.8 Å². The first-order valence-corrected chi connectivity index (χ1v) is 4.35. The lowest BCUT2D eigenvalue weighted by Crippen LogP contribution is -1.91. The number of rotatable bonds is 2. The number of aryl methyl sites for hydroxylation is 1. The van der Waals surface area contributed by atoms with Gasteiger partial charge in [0, 0.05) is 18.5 Å². The molecule has 1 radical (unpaired) electrons. The molecule has 1 aromatic heterocycles. The van der Waals surface area contributed by atoms with E-state index in [4.69, 9.17) is 9.47 Å². The number of hydrogen-bond donors (Lipinski definition) is 0. The number of hydrogen-bond acceptors (Lipinski definition) is 2. The third-order valence-electron chi connectivity index (χ3n) is 2.31. The number of methoxy groups -OCH3 is 2. The molecule has 0 aliphatic carbocycles. The van der Waals surface area contributed by atoms with Gasteiger partial charge in [-0.3, -0.25) is 0 Å². The minimum Gasteiger partial charge on any atom is -0.493 e. The fourth-order valence-corrected chi connectivity index (χ4v) is 1.53. The molecule has 0 atom stereocenters. The summed E-state index contributed by atoms with van der Waals surface area (Å²) in [6, 6.07) is 5.83. The molecule has 0 aliphatic rings. The highest BCUT2D eigenvalue weighted by Gasteiger charge is 2.07. The average molecular weight is 190 g/mol. The molecular formula is C11H12NO2. The van der Waals surface area contributed by atoms with Crippen molar-refractivity contribution < 1.29 is 9.47 Å². The Labute approximate surface area is 82.9 Å². The highest BCUT2D eigenvalue weighted by atomic mass is 16.5. The van der Waals surface area contributed by atoms with Gasteiger partial charge in [-0.1, -0.05) is 0 Å². The maximum atomic E-state index is 5.22. The summed E-state index contributed by atoms with van der Waals surface area (Å²) in [7, 11) is 5.22. The van der Waals surface area contributed by atoms with Gasteiger partial charge in [0.15, 0.2) is 11.5 Å². The molecular weight excluding hydrogens is 178 g/mol. The third kappa shape index (κ3) is 1.21. The molecule has 0 bridgehead atoms. The number of aromatic nitrogens is 1. The minimum absolute atomic E-state index is 0.746. The van der Waals surface area contributed by atoms with Crippen LogP contribution in [0.3, 0.4) is 0 Å². The quantitative estimate of drug-likeness (QED) is 0.723.